The minimum absolute atomic E-state index is 0.0200. The van der Waals surface area contributed by atoms with Gasteiger partial charge in [-0.05, 0) is 31.6 Å². The van der Waals surface area contributed by atoms with E-state index in [-0.39, 0.29) is 17.7 Å². The number of hydrogen-bond acceptors (Lipinski definition) is 4. The number of nitrogens with two attached hydrogens (primary N) is 1. The zero-order valence-electron chi connectivity index (χ0n) is 11.9. The Morgan fingerprint density at radius 3 is 2.55 bits per heavy atom. The van der Waals surface area contributed by atoms with Gasteiger partial charge in [-0.15, -0.1) is 0 Å². The molecular formula is C14H21ClN4O. The van der Waals surface area contributed by atoms with Crippen molar-refractivity contribution in [2.45, 2.75) is 51.5 Å². The molecule has 0 spiro atoms. The third-order valence-corrected chi connectivity index (χ3v) is 4.18. The molecule has 1 aromatic rings. The van der Waals surface area contributed by atoms with E-state index in [0.717, 1.165) is 37.1 Å². The van der Waals surface area contributed by atoms with E-state index in [9.17, 15) is 4.79 Å². The van der Waals surface area contributed by atoms with Crippen molar-refractivity contribution >= 4 is 23.3 Å². The van der Waals surface area contributed by atoms with Crippen LogP contribution >= 0.6 is 11.6 Å². The van der Waals surface area contributed by atoms with Crippen LogP contribution in [0.4, 0.5) is 5.82 Å². The number of hydrogen-bond donors (Lipinski definition) is 2. The number of nitrogens with zero attached hydrogens (tertiary/aromatic N) is 2. The summed E-state index contributed by atoms with van der Waals surface area (Å²) in [7, 11) is 0. The van der Waals surface area contributed by atoms with Crippen LogP contribution in [0.1, 0.15) is 51.0 Å². The maximum atomic E-state index is 11.2. The average Bonchev–Trinajstić information content (AvgIpc) is 2.39. The van der Waals surface area contributed by atoms with E-state index in [1.807, 2.05) is 0 Å². The molecule has 2 rings (SSSR count). The summed E-state index contributed by atoms with van der Waals surface area (Å²) in [5.41, 5.74) is 6.30. The lowest BCUT2D eigenvalue weighted by molar-refractivity contribution is -0.122. The summed E-state index contributed by atoms with van der Waals surface area (Å²) in [6.45, 7) is 4.14. The van der Waals surface area contributed by atoms with Crippen molar-refractivity contribution in [3.8, 4) is 0 Å². The summed E-state index contributed by atoms with van der Waals surface area (Å²) in [6.07, 6.45) is 5.00. The van der Waals surface area contributed by atoms with Gasteiger partial charge in [0, 0.05) is 17.5 Å². The number of anilines is 1. The molecule has 3 N–H and O–H groups in total. The number of amides is 1. The Balaban J connectivity index is 2.05. The Labute approximate surface area is 124 Å². The van der Waals surface area contributed by atoms with Crippen LogP contribution in [0.5, 0.6) is 0 Å². The maximum Gasteiger partial charge on any atom is 0.220 e. The van der Waals surface area contributed by atoms with Crippen molar-refractivity contribution in [2.24, 2.45) is 11.7 Å². The molecule has 1 fully saturated rings. The maximum absolute atomic E-state index is 11.2. The highest BCUT2D eigenvalue weighted by atomic mass is 35.5. The number of rotatable bonds is 4. The number of nitrogens with one attached hydrogen (secondary N) is 1. The largest absolute Gasteiger partial charge is 0.369 e. The molecule has 0 aromatic carbocycles. The monoisotopic (exact) mass is 296 g/mol. The van der Waals surface area contributed by atoms with Crippen LogP contribution in [0.25, 0.3) is 0 Å². The first kappa shape index (κ1) is 15.0. The van der Waals surface area contributed by atoms with Crippen LogP contribution in [0.2, 0.25) is 5.15 Å². The highest BCUT2D eigenvalue weighted by Crippen LogP contribution is 2.31. The summed E-state index contributed by atoms with van der Waals surface area (Å²) in [6, 6.07) is 0.314. The van der Waals surface area contributed by atoms with Gasteiger partial charge in [-0.1, -0.05) is 25.4 Å². The molecule has 1 aliphatic carbocycles. The van der Waals surface area contributed by atoms with Crippen LogP contribution in [0, 0.1) is 5.92 Å². The summed E-state index contributed by atoms with van der Waals surface area (Å²) in [4.78, 5) is 19.5. The first-order valence-corrected chi connectivity index (χ1v) is 7.43. The lowest BCUT2D eigenvalue weighted by atomic mass is 9.85. The predicted molar refractivity (Wildman–Crippen MR) is 79.7 cm³/mol. The van der Waals surface area contributed by atoms with E-state index in [1.165, 1.54) is 6.33 Å². The molecule has 1 aromatic heterocycles. The van der Waals surface area contributed by atoms with E-state index >= 15 is 0 Å². The summed E-state index contributed by atoms with van der Waals surface area (Å²) in [5.74, 6) is 0.902. The van der Waals surface area contributed by atoms with Gasteiger partial charge in [-0.2, -0.15) is 0 Å². The van der Waals surface area contributed by atoms with Gasteiger partial charge >= 0.3 is 0 Å². The second-order valence-electron chi connectivity index (χ2n) is 5.68. The molecule has 110 valence electrons. The fourth-order valence-electron chi connectivity index (χ4n) is 2.72. The highest BCUT2D eigenvalue weighted by molar-refractivity contribution is 6.30. The topological polar surface area (TPSA) is 80.9 Å². The molecule has 5 nitrogen and oxygen atoms in total. The number of aromatic nitrogens is 2. The number of carbonyl (C=O) groups is 1. The van der Waals surface area contributed by atoms with Gasteiger partial charge in [0.1, 0.15) is 17.3 Å². The quantitative estimate of drug-likeness (QED) is 0.837. The summed E-state index contributed by atoms with van der Waals surface area (Å²) >= 11 is 6.15. The van der Waals surface area contributed by atoms with Gasteiger partial charge in [0.25, 0.3) is 0 Å². The van der Waals surface area contributed by atoms with Crippen LogP contribution in [0.3, 0.4) is 0 Å². The molecule has 20 heavy (non-hydrogen) atoms. The van der Waals surface area contributed by atoms with Crippen molar-refractivity contribution in [1.29, 1.82) is 0 Å². The van der Waals surface area contributed by atoms with E-state index in [1.54, 1.807) is 0 Å². The summed E-state index contributed by atoms with van der Waals surface area (Å²) in [5, 5.41) is 3.95. The van der Waals surface area contributed by atoms with Gasteiger partial charge in [0.15, 0.2) is 0 Å². The predicted octanol–water partition coefficient (Wildman–Crippen LogP) is 2.71. The lowest BCUT2D eigenvalue weighted by Crippen LogP contribution is -2.33. The van der Waals surface area contributed by atoms with Gasteiger partial charge in [0.2, 0.25) is 5.91 Å². The summed E-state index contributed by atoms with van der Waals surface area (Å²) < 4.78 is 0. The number of primary amides is 1. The fraction of sp³-hybridized carbons (Fsp3) is 0.643. The molecule has 0 atom stereocenters. The van der Waals surface area contributed by atoms with Crippen molar-refractivity contribution in [3.63, 3.8) is 0 Å². The van der Waals surface area contributed by atoms with Crippen LogP contribution in [-0.4, -0.2) is 21.9 Å². The van der Waals surface area contributed by atoms with Crippen LogP contribution in [0.15, 0.2) is 6.33 Å². The van der Waals surface area contributed by atoms with E-state index < -0.39 is 0 Å². The number of halogens is 1. The van der Waals surface area contributed by atoms with Crippen molar-refractivity contribution in [3.05, 3.63) is 17.0 Å². The Morgan fingerprint density at radius 1 is 1.35 bits per heavy atom. The smallest absolute Gasteiger partial charge is 0.220 e. The standard InChI is InChI=1S/C14H21ClN4O/c1-8(2)11-12(15)17-7-18-14(11)19-10-5-3-9(4-6-10)13(16)20/h7-10H,3-6H2,1-2H3,(H2,16,20)(H,17,18,19). The fourth-order valence-corrected chi connectivity index (χ4v) is 3.07. The first-order valence-electron chi connectivity index (χ1n) is 7.05. The zero-order chi connectivity index (χ0) is 14.7. The molecule has 0 radical (unpaired) electrons. The highest BCUT2D eigenvalue weighted by Gasteiger charge is 2.25. The van der Waals surface area contributed by atoms with E-state index in [0.29, 0.717) is 11.2 Å². The molecule has 0 aliphatic heterocycles. The third-order valence-electron chi connectivity index (χ3n) is 3.88. The molecule has 1 aliphatic rings. The third kappa shape index (κ3) is 3.39. The average molecular weight is 297 g/mol. The lowest BCUT2D eigenvalue weighted by Gasteiger charge is -2.28. The second-order valence-corrected chi connectivity index (χ2v) is 6.03. The minimum atomic E-state index is -0.184. The van der Waals surface area contributed by atoms with Gasteiger partial charge in [0.05, 0.1) is 0 Å². The van der Waals surface area contributed by atoms with Gasteiger partial charge < -0.3 is 11.1 Å². The van der Waals surface area contributed by atoms with Gasteiger partial charge in [-0.3, -0.25) is 4.79 Å². The first-order chi connectivity index (χ1) is 9.49. The van der Waals surface area contributed by atoms with Crippen molar-refractivity contribution < 1.29 is 4.79 Å². The van der Waals surface area contributed by atoms with E-state index in [4.69, 9.17) is 17.3 Å². The Hall–Kier alpha value is -1.36. The Kier molecular flexibility index (Phi) is 4.81. The van der Waals surface area contributed by atoms with Crippen molar-refractivity contribution in [1.82, 2.24) is 9.97 Å². The molecule has 0 bridgehead atoms. The van der Waals surface area contributed by atoms with Crippen LogP contribution < -0.4 is 11.1 Å². The molecule has 1 heterocycles. The molecule has 6 heteroatoms. The van der Waals surface area contributed by atoms with E-state index in [2.05, 4.69) is 29.1 Å². The zero-order valence-corrected chi connectivity index (χ0v) is 12.7. The Bertz CT molecular complexity index is 484. The molecular weight excluding hydrogens is 276 g/mol. The number of carbonyl (C=O) groups excluding carboxylic acids is 1. The van der Waals surface area contributed by atoms with Gasteiger partial charge in [-0.25, -0.2) is 9.97 Å². The molecule has 0 unspecified atom stereocenters. The SMILES string of the molecule is CC(C)c1c(Cl)ncnc1NC1CCC(C(N)=O)CC1. The van der Waals surface area contributed by atoms with Crippen LogP contribution in [-0.2, 0) is 4.79 Å². The molecule has 1 saturated carbocycles. The molecule has 0 saturated heterocycles. The minimum Gasteiger partial charge on any atom is -0.369 e. The normalized spacial score (nSPS) is 22.8. The van der Waals surface area contributed by atoms with Crippen molar-refractivity contribution in [2.75, 3.05) is 5.32 Å². The second kappa shape index (κ2) is 6.39. The molecule has 1 amide bonds. The Morgan fingerprint density at radius 2 is 2.00 bits per heavy atom.